The van der Waals surface area contributed by atoms with Crippen molar-refractivity contribution in [1.29, 1.82) is 0 Å². The summed E-state index contributed by atoms with van der Waals surface area (Å²) < 4.78 is 10.6. The second kappa shape index (κ2) is 10.4. The third-order valence-corrected chi connectivity index (χ3v) is 5.95. The lowest BCUT2D eigenvalue weighted by atomic mass is 9.93. The van der Waals surface area contributed by atoms with Crippen LogP contribution in [0.3, 0.4) is 0 Å². The number of hydrogen-bond acceptors (Lipinski definition) is 6. The summed E-state index contributed by atoms with van der Waals surface area (Å²) in [4.78, 5) is 22.0. The van der Waals surface area contributed by atoms with E-state index in [1.165, 1.54) is 0 Å². The Morgan fingerprint density at radius 1 is 1.32 bits per heavy atom. The summed E-state index contributed by atoms with van der Waals surface area (Å²) >= 11 is 0. The lowest BCUT2D eigenvalue weighted by Crippen LogP contribution is -2.50. The molecule has 2 saturated heterocycles. The van der Waals surface area contributed by atoms with Crippen LogP contribution in [0.15, 0.2) is 10.7 Å². The molecule has 7 heteroatoms. The van der Waals surface area contributed by atoms with Gasteiger partial charge in [-0.2, -0.15) is 0 Å². The van der Waals surface area contributed by atoms with Gasteiger partial charge in [-0.25, -0.2) is 4.98 Å². The molecule has 3 heterocycles. The van der Waals surface area contributed by atoms with E-state index in [4.69, 9.17) is 9.15 Å². The Balaban J connectivity index is 1.43. The standard InChI is InChI=1S/C21H36N4O3/c1-16(2)21-23-18(15-28-21)14-24-10-6-19(7-11-24)25-9-4-5-17(13-25)20(26)22-8-12-27-3/h15-17,19H,4-14H2,1-3H3,(H,22,26). The summed E-state index contributed by atoms with van der Waals surface area (Å²) in [6, 6.07) is 0.592. The Hall–Kier alpha value is -1.44. The Morgan fingerprint density at radius 2 is 2.11 bits per heavy atom. The normalized spacial score (nSPS) is 22.6. The lowest BCUT2D eigenvalue weighted by molar-refractivity contribution is -0.127. The van der Waals surface area contributed by atoms with Crippen LogP contribution in [0.5, 0.6) is 0 Å². The predicted octanol–water partition coefficient (Wildman–Crippen LogP) is 2.24. The third kappa shape index (κ3) is 5.78. The zero-order valence-corrected chi connectivity index (χ0v) is 17.7. The minimum atomic E-state index is 0.119. The summed E-state index contributed by atoms with van der Waals surface area (Å²) in [7, 11) is 1.66. The van der Waals surface area contributed by atoms with Gasteiger partial charge < -0.3 is 14.5 Å². The highest BCUT2D eigenvalue weighted by molar-refractivity contribution is 5.78. The fraction of sp³-hybridized carbons (Fsp3) is 0.810. The molecule has 3 rings (SSSR count). The zero-order chi connectivity index (χ0) is 19.9. The number of methoxy groups -OCH3 is 1. The van der Waals surface area contributed by atoms with Crippen LogP contribution in [-0.2, 0) is 16.1 Å². The Morgan fingerprint density at radius 3 is 2.79 bits per heavy atom. The first kappa shape index (κ1) is 21.3. The van der Waals surface area contributed by atoms with Gasteiger partial charge >= 0.3 is 0 Å². The van der Waals surface area contributed by atoms with Crippen LogP contribution >= 0.6 is 0 Å². The monoisotopic (exact) mass is 392 g/mol. The fourth-order valence-electron chi connectivity index (χ4n) is 4.30. The van der Waals surface area contributed by atoms with E-state index in [1.807, 2.05) is 0 Å². The van der Waals surface area contributed by atoms with Crippen molar-refractivity contribution in [3.63, 3.8) is 0 Å². The second-order valence-electron chi connectivity index (χ2n) is 8.46. The van der Waals surface area contributed by atoms with Crippen molar-refractivity contribution in [2.24, 2.45) is 5.92 Å². The van der Waals surface area contributed by atoms with Gasteiger partial charge in [-0.05, 0) is 32.2 Å². The summed E-state index contributed by atoms with van der Waals surface area (Å²) in [5.74, 6) is 1.46. The first-order valence-electron chi connectivity index (χ1n) is 10.7. The topological polar surface area (TPSA) is 70.8 Å². The molecule has 1 unspecified atom stereocenters. The third-order valence-electron chi connectivity index (χ3n) is 5.95. The van der Waals surface area contributed by atoms with E-state index in [0.29, 0.717) is 25.1 Å². The van der Waals surface area contributed by atoms with Crippen LogP contribution < -0.4 is 5.32 Å². The predicted molar refractivity (Wildman–Crippen MR) is 108 cm³/mol. The van der Waals surface area contributed by atoms with Gasteiger partial charge in [0.2, 0.25) is 5.91 Å². The number of piperidine rings is 2. The summed E-state index contributed by atoms with van der Waals surface area (Å²) in [5, 5.41) is 3.01. The smallest absolute Gasteiger partial charge is 0.224 e. The molecule has 2 aliphatic heterocycles. The van der Waals surface area contributed by atoms with Crippen LogP contribution in [0.4, 0.5) is 0 Å². The van der Waals surface area contributed by atoms with Gasteiger partial charge in [0, 0.05) is 51.8 Å². The maximum Gasteiger partial charge on any atom is 0.224 e. The highest BCUT2D eigenvalue weighted by atomic mass is 16.5. The van der Waals surface area contributed by atoms with Gasteiger partial charge in [-0.15, -0.1) is 0 Å². The molecule has 0 bridgehead atoms. The maximum absolute atomic E-state index is 12.4. The lowest BCUT2D eigenvalue weighted by Gasteiger charge is -2.41. The van der Waals surface area contributed by atoms with Crippen molar-refractivity contribution in [2.75, 3.05) is 46.4 Å². The summed E-state index contributed by atoms with van der Waals surface area (Å²) in [6.45, 7) is 10.4. The van der Waals surface area contributed by atoms with Crippen molar-refractivity contribution < 1.29 is 13.9 Å². The van der Waals surface area contributed by atoms with Crippen LogP contribution in [0.1, 0.15) is 57.0 Å². The van der Waals surface area contributed by atoms with E-state index in [2.05, 4.69) is 33.9 Å². The molecule has 1 atom stereocenters. The fourth-order valence-corrected chi connectivity index (χ4v) is 4.30. The van der Waals surface area contributed by atoms with Crippen molar-refractivity contribution in [3.8, 4) is 0 Å². The number of carbonyl (C=O) groups excluding carboxylic acids is 1. The maximum atomic E-state index is 12.4. The molecule has 0 aromatic carbocycles. The van der Waals surface area contributed by atoms with Crippen molar-refractivity contribution in [2.45, 2.75) is 58.0 Å². The molecule has 1 aromatic rings. The van der Waals surface area contributed by atoms with E-state index in [9.17, 15) is 4.79 Å². The molecule has 2 fully saturated rings. The quantitative estimate of drug-likeness (QED) is 0.684. The van der Waals surface area contributed by atoms with Gasteiger partial charge in [0.25, 0.3) is 0 Å². The zero-order valence-electron chi connectivity index (χ0n) is 17.7. The van der Waals surface area contributed by atoms with E-state index in [1.54, 1.807) is 13.4 Å². The first-order valence-corrected chi connectivity index (χ1v) is 10.7. The van der Waals surface area contributed by atoms with Crippen LogP contribution in [0, 0.1) is 5.92 Å². The molecule has 0 spiro atoms. The van der Waals surface area contributed by atoms with Crippen molar-refractivity contribution >= 4 is 5.91 Å². The number of aromatic nitrogens is 1. The van der Waals surface area contributed by atoms with Crippen molar-refractivity contribution in [3.05, 3.63) is 17.8 Å². The Kier molecular flexibility index (Phi) is 7.88. The molecular weight excluding hydrogens is 356 g/mol. The van der Waals surface area contributed by atoms with Gasteiger partial charge in [0.1, 0.15) is 6.26 Å². The number of hydrogen-bond donors (Lipinski definition) is 1. The summed E-state index contributed by atoms with van der Waals surface area (Å²) in [5.41, 5.74) is 1.04. The van der Waals surface area contributed by atoms with Crippen LogP contribution in [0.25, 0.3) is 0 Å². The number of rotatable bonds is 8. The van der Waals surface area contributed by atoms with Gasteiger partial charge in [0.15, 0.2) is 5.89 Å². The molecule has 0 radical (unpaired) electrons. The van der Waals surface area contributed by atoms with E-state index < -0.39 is 0 Å². The molecule has 2 aliphatic rings. The number of likely N-dealkylation sites (tertiary alicyclic amines) is 2. The summed E-state index contributed by atoms with van der Waals surface area (Å²) in [6.07, 6.45) is 6.23. The number of nitrogens with zero attached hydrogens (tertiary/aromatic N) is 3. The van der Waals surface area contributed by atoms with Crippen LogP contribution in [-0.4, -0.2) is 73.2 Å². The van der Waals surface area contributed by atoms with Gasteiger partial charge in [-0.3, -0.25) is 14.6 Å². The number of amides is 1. The number of ether oxygens (including phenoxy) is 1. The van der Waals surface area contributed by atoms with Gasteiger partial charge in [0.05, 0.1) is 18.2 Å². The number of nitrogens with one attached hydrogen (secondary N) is 1. The highest BCUT2D eigenvalue weighted by Crippen LogP contribution is 2.25. The molecule has 1 aromatic heterocycles. The molecule has 1 N–H and O–H groups in total. The van der Waals surface area contributed by atoms with E-state index in [-0.39, 0.29) is 11.8 Å². The number of oxazole rings is 1. The molecule has 158 valence electrons. The first-order chi connectivity index (χ1) is 13.6. The molecule has 28 heavy (non-hydrogen) atoms. The van der Waals surface area contributed by atoms with Gasteiger partial charge in [-0.1, -0.05) is 13.8 Å². The van der Waals surface area contributed by atoms with E-state index in [0.717, 1.165) is 70.0 Å². The average Bonchev–Trinajstić information content (AvgIpc) is 3.18. The highest BCUT2D eigenvalue weighted by Gasteiger charge is 2.31. The molecular formula is C21H36N4O3. The molecule has 7 nitrogen and oxygen atoms in total. The SMILES string of the molecule is COCCNC(=O)C1CCCN(C2CCN(Cc3coc(C(C)C)n3)CC2)C1. The van der Waals surface area contributed by atoms with E-state index >= 15 is 0 Å². The molecule has 1 amide bonds. The number of carbonyl (C=O) groups is 1. The minimum Gasteiger partial charge on any atom is -0.448 e. The Bertz CT molecular complexity index is 611. The Labute approximate surface area is 168 Å². The molecule has 0 aliphatic carbocycles. The minimum absolute atomic E-state index is 0.119. The second-order valence-corrected chi connectivity index (χ2v) is 8.46. The van der Waals surface area contributed by atoms with Crippen LogP contribution in [0.2, 0.25) is 0 Å². The molecule has 0 saturated carbocycles. The largest absolute Gasteiger partial charge is 0.448 e. The van der Waals surface area contributed by atoms with Crippen molar-refractivity contribution in [1.82, 2.24) is 20.1 Å². The average molecular weight is 393 g/mol.